The van der Waals surface area contributed by atoms with Crippen molar-refractivity contribution in [1.82, 2.24) is 10.6 Å². The first-order chi connectivity index (χ1) is 11.9. The Morgan fingerprint density at radius 3 is 2.64 bits per heavy atom. The van der Waals surface area contributed by atoms with Crippen LogP contribution in [0.3, 0.4) is 0 Å². The van der Waals surface area contributed by atoms with Gasteiger partial charge in [0.05, 0.1) is 0 Å². The van der Waals surface area contributed by atoms with Crippen LogP contribution in [-0.2, 0) is 20.8 Å². The molecule has 1 heterocycles. The Bertz CT molecular complexity index is 696. The number of carboxylic acids is 1. The van der Waals surface area contributed by atoms with Gasteiger partial charge in [0.2, 0.25) is 11.8 Å². The SMILES string of the molecule is CC(=O)N[C@@H](Cc1cccs1)C(=O)N[C@@H](C(=O)O)[C@H]1C=CC(O)=CC1. The average Bonchev–Trinajstić information content (AvgIpc) is 3.05. The van der Waals surface area contributed by atoms with E-state index in [0.29, 0.717) is 6.42 Å². The molecule has 1 aromatic rings. The van der Waals surface area contributed by atoms with Gasteiger partial charge in [-0.05, 0) is 30.0 Å². The van der Waals surface area contributed by atoms with Crippen molar-refractivity contribution < 1.29 is 24.6 Å². The number of hydrogen-bond donors (Lipinski definition) is 4. The summed E-state index contributed by atoms with van der Waals surface area (Å²) in [5, 5.41) is 25.7. The van der Waals surface area contributed by atoms with Crippen LogP contribution in [-0.4, -0.2) is 40.1 Å². The lowest BCUT2D eigenvalue weighted by Gasteiger charge is -2.25. The summed E-state index contributed by atoms with van der Waals surface area (Å²) in [6.07, 6.45) is 5.06. The van der Waals surface area contributed by atoms with Gasteiger partial charge < -0.3 is 20.8 Å². The monoisotopic (exact) mass is 364 g/mol. The first-order valence-corrected chi connectivity index (χ1v) is 8.64. The molecule has 0 radical (unpaired) electrons. The molecular weight excluding hydrogens is 344 g/mol. The zero-order chi connectivity index (χ0) is 18.4. The maximum atomic E-state index is 12.6. The van der Waals surface area contributed by atoms with Crippen molar-refractivity contribution in [2.75, 3.05) is 0 Å². The smallest absolute Gasteiger partial charge is 0.326 e. The van der Waals surface area contributed by atoms with Crippen molar-refractivity contribution in [3.8, 4) is 0 Å². The highest BCUT2D eigenvalue weighted by atomic mass is 32.1. The third kappa shape index (κ3) is 5.46. The number of carboxylic acid groups (broad SMARTS) is 1. The van der Waals surface area contributed by atoms with Gasteiger partial charge in [-0.3, -0.25) is 9.59 Å². The van der Waals surface area contributed by atoms with Crippen molar-refractivity contribution in [3.63, 3.8) is 0 Å². The minimum Gasteiger partial charge on any atom is -0.508 e. The number of aliphatic carboxylic acids is 1. The van der Waals surface area contributed by atoms with Gasteiger partial charge in [-0.1, -0.05) is 12.1 Å². The van der Waals surface area contributed by atoms with Gasteiger partial charge in [0.25, 0.3) is 0 Å². The summed E-state index contributed by atoms with van der Waals surface area (Å²) < 4.78 is 0. The Kier molecular flexibility index (Phi) is 6.35. The average molecular weight is 364 g/mol. The molecule has 0 unspecified atom stereocenters. The van der Waals surface area contributed by atoms with E-state index >= 15 is 0 Å². The molecule has 2 rings (SSSR count). The summed E-state index contributed by atoms with van der Waals surface area (Å²) in [5.74, 6) is -2.50. The molecule has 134 valence electrons. The Labute approximate surface area is 149 Å². The molecule has 1 aliphatic rings. The van der Waals surface area contributed by atoms with Crippen LogP contribution < -0.4 is 10.6 Å². The Morgan fingerprint density at radius 2 is 2.12 bits per heavy atom. The molecule has 7 nitrogen and oxygen atoms in total. The van der Waals surface area contributed by atoms with Crippen LogP contribution in [0.15, 0.2) is 41.5 Å². The molecular formula is C17H20N2O5S. The molecule has 8 heteroatoms. The number of carbonyl (C=O) groups is 3. The number of rotatable bonds is 7. The van der Waals surface area contributed by atoms with E-state index in [0.717, 1.165) is 4.88 Å². The van der Waals surface area contributed by atoms with Crippen LogP contribution >= 0.6 is 11.3 Å². The summed E-state index contributed by atoms with van der Waals surface area (Å²) >= 11 is 1.45. The van der Waals surface area contributed by atoms with Gasteiger partial charge >= 0.3 is 5.97 Å². The van der Waals surface area contributed by atoms with Crippen molar-refractivity contribution in [2.24, 2.45) is 5.92 Å². The third-order valence-corrected chi connectivity index (χ3v) is 4.68. The van der Waals surface area contributed by atoms with E-state index < -0.39 is 29.9 Å². The zero-order valence-corrected chi connectivity index (χ0v) is 14.5. The lowest BCUT2D eigenvalue weighted by Crippen LogP contribution is -2.54. The minimum atomic E-state index is -1.17. The molecule has 1 aliphatic carbocycles. The van der Waals surface area contributed by atoms with Gasteiger partial charge in [-0.2, -0.15) is 0 Å². The topological polar surface area (TPSA) is 116 Å². The van der Waals surface area contributed by atoms with Gasteiger partial charge in [0, 0.05) is 24.1 Å². The number of amides is 2. The van der Waals surface area contributed by atoms with Gasteiger partial charge in [0.15, 0.2) is 0 Å². The Balaban J connectivity index is 2.09. The fourth-order valence-electron chi connectivity index (χ4n) is 2.56. The third-order valence-electron chi connectivity index (χ3n) is 3.78. The summed E-state index contributed by atoms with van der Waals surface area (Å²) in [6, 6.07) is 1.69. The highest BCUT2D eigenvalue weighted by Gasteiger charge is 2.31. The molecule has 0 aliphatic heterocycles. The standard InChI is InChI=1S/C17H20N2O5S/c1-10(20)18-14(9-13-3-2-8-25-13)16(22)19-15(17(23)24)11-4-6-12(21)7-5-11/h2-4,6-8,11,14-15,21H,5,9H2,1H3,(H,18,20)(H,19,22)(H,23,24)/t11-,14-,15+/m0/s1. The highest BCUT2D eigenvalue weighted by molar-refractivity contribution is 7.09. The van der Waals surface area contributed by atoms with Crippen molar-refractivity contribution in [3.05, 3.63) is 46.4 Å². The second-order valence-corrected chi connectivity index (χ2v) is 6.78. The van der Waals surface area contributed by atoms with E-state index in [-0.39, 0.29) is 18.1 Å². The quantitative estimate of drug-likeness (QED) is 0.583. The number of aliphatic hydroxyl groups excluding tert-OH is 1. The lowest BCUT2D eigenvalue weighted by molar-refractivity contribution is -0.143. The molecule has 0 aromatic carbocycles. The van der Waals surface area contributed by atoms with Crippen molar-refractivity contribution in [2.45, 2.75) is 31.8 Å². The van der Waals surface area contributed by atoms with E-state index in [4.69, 9.17) is 0 Å². The molecule has 0 saturated carbocycles. The Morgan fingerprint density at radius 1 is 1.36 bits per heavy atom. The van der Waals surface area contributed by atoms with Crippen LogP contribution in [0.5, 0.6) is 0 Å². The van der Waals surface area contributed by atoms with Gasteiger partial charge in [-0.15, -0.1) is 11.3 Å². The van der Waals surface area contributed by atoms with E-state index in [1.165, 1.54) is 30.4 Å². The van der Waals surface area contributed by atoms with Crippen LogP contribution in [0.1, 0.15) is 18.2 Å². The van der Waals surface area contributed by atoms with E-state index in [1.807, 2.05) is 17.5 Å². The van der Waals surface area contributed by atoms with Gasteiger partial charge in [-0.25, -0.2) is 4.79 Å². The van der Waals surface area contributed by atoms with Crippen molar-refractivity contribution in [1.29, 1.82) is 0 Å². The fraction of sp³-hybridized carbons (Fsp3) is 0.353. The van der Waals surface area contributed by atoms with Gasteiger partial charge in [0.1, 0.15) is 17.8 Å². The predicted octanol–water partition coefficient (Wildman–Crippen LogP) is 1.38. The van der Waals surface area contributed by atoms with Crippen LogP contribution in [0.4, 0.5) is 0 Å². The number of nitrogens with one attached hydrogen (secondary N) is 2. The molecule has 2 amide bonds. The molecule has 0 bridgehead atoms. The minimum absolute atomic E-state index is 0.0699. The van der Waals surface area contributed by atoms with E-state index in [1.54, 1.807) is 6.08 Å². The number of hydrogen-bond acceptors (Lipinski definition) is 5. The number of thiophene rings is 1. The Hall–Kier alpha value is -2.61. The molecule has 1 aromatic heterocycles. The molecule has 3 atom stereocenters. The fourth-order valence-corrected chi connectivity index (χ4v) is 3.32. The zero-order valence-electron chi connectivity index (χ0n) is 13.6. The van der Waals surface area contributed by atoms with Crippen LogP contribution in [0.2, 0.25) is 0 Å². The summed E-state index contributed by atoms with van der Waals surface area (Å²) in [5.41, 5.74) is 0. The second kappa shape index (κ2) is 8.48. The molecule has 0 fully saturated rings. The van der Waals surface area contributed by atoms with E-state index in [2.05, 4.69) is 10.6 Å². The summed E-state index contributed by atoms with van der Waals surface area (Å²) in [7, 11) is 0. The predicted molar refractivity (Wildman–Crippen MR) is 93.2 cm³/mol. The largest absolute Gasteiger partial charge is 0.508 e. The summed E-state index contributed by atoms with van der Waals surface area (Å²) in [4.78, 5) is 36.4. The maximum absolute atomic E-state index is 12.6. The first-order valence-electron chi connectivity index (χ1n) is 7.77. The van der Waals surface area contributed by atoms with Crippen LogP contribution in [0.25, 0.3) is 0 Å². The van der Waals surface area contributed by atoms with Crippen molar-refractivity contribution >= 4 is 29.1 Å². The van der Waals surface area contributed by atoms with E-state index in [9.17, 15) is 24.6 Å². The highest BCUT2D eigenvalue weighted by Crippen LogP contribution is 2.19. The lowest BCUT2D eigenvalue weighted by atomic mass is 9.91. The first kappa shape index (κ1) is 18.7. The maximum Gasteiger partial charge on any atom is 0.326 e. The second-order valence-electron chi connectivity index (χ2n) is 5.75. The molecule has 0 spiro atoms. The number of carbonyl (C=O) groups excluding carboxylic acids is 2. The number of allylic oxidation sites excluding steroid dienone is 2. The molecule has 4 N–H and O–H groups in total. The molecule has 0 saturated heterocycles. The number of aliphatic hydroxyl groups is 1. The normalized spacial score (nSPS) is 18.8. The molecule has 25 heavy (non-hydrogen) atoms. The summed E-state index contributed by atoms with van der Waals surface area (Å²) in [6.45, 7) is 1.31. The van der Waals surface area contributed by atoms with Crippen LogP contribution in [0, 0.1) is 5.92 Å².